The number of aryl methyl sites for hydroxylation is 1. The van der Waals surface area contributed by atoms with Crippen molar-refractivity contribution in [1.29, 1.82) is 0 Å². The first-order valence-corrected chi connectivity index (χ1v) is 4.49. The van der Waals surface area contributed by atoms with Gasteiger partial charge in [0.05, 0.1) is 0 Å². The first kappa shape index (κ1) is 15.5. The minimum Gasteiger partial charge on any atom is -0.445 e. The molecular weight excluding hydrogens is 227 g/mol. The first-order valence-electron chi connectivity index (χ1n) is 4.49. The Morgan fingerprint density at radius 3 is 2.47 bits per heavy atom. The Kier molecular flexibility index (Phi) is 7.12. The van der Waals surface area contributed by atoms with E-state index in [1.165, 1.54) is 0 Å². The van der Waals surface area contributed by atoms with Crippen molar-refractivity contribution in [3.05, 3.63) is 41.4 Å². The average molecular weight is 238 g/mol. The third kappa shape index (κ3) is 6.58. The van der Waals surface area contributed by atoms with E-state index in [2.05, 4.69) is 0 Å². The molecule has 0 aromatic heterocycles. The second-order valence-corrected chi connectivity index (χ2v) is 3.08. The third-order valence-corrected chi connectivity index (χ3v) is 1.87. The first-order chi connectivity index (χ1) is 6.51. The fraction of sp³-hybridized carbons (Fsp3) is 0.200. The summed E-state index contributed by atoms with van der Waals surface area (Å²) in [5.41, 5.74) is 1.64. The van der Waals surface area contributed by atoms with E-state index in [9.17, 15) is 12.9 Å². The van der Waals surface area contributed by atoms with Gasteiger partial charge in [0.2, 0.25) is 0 Å². The molecule has 1 aromatic carbocycles. The Balaban J connectivity index is 0.00000196. The summed E-state index contributed by atoms with van der Waals surface area (Å²) in [6, 6.07) is 7.09. The Labute approximate surface area is 130 Å². The summed E-state index contributed by atoms with van der Waals surface area (Å²) in [7, 11) is 0. The van der Waals surface area contributed by atoms with Crippen molar-refractivity contribution in [3.8, 4) is 0 Å². The monoisotopic (exact) mass is 238 g/mol. The van der Waals surface area contributed by atoms with Crippen LogP contribution in [0.1, 0.15) is 18.1 Å². The number of hydrogen-bond donors (Lipinski definition) is 0. The summed E-state index contributed by atoms with van der Waals surface area (Å²) in [5.74, 6) is 0.314. The Hall–Kier alpha value is 0.451. The molecule has 0 bridgehead atoms. The molecule has 0 fully saturated rings. The molecule has 0 saturated heterocycles. The maximum absolute atomic E-state index is 11.9. The van der Waals surface area contributed by atoms with Crippen LogP contribution in [-0.2, 0) is 6.42 Å². The molecule has 15 heavy (non-hydrogen) atoms. The predicted molar refractivity (Wildman–Crippen MR) is 53.9 cm³/mol. The molecule has 0 unspecified atom stereocenters. The molecule has 0 spiro atoms. The summed E-state index contributed by atoms with van der Waals surface area (Å²) in [4.78, 5) is 0. The summed E-state index contributed by atoms with van der Waals surface area (Å²) in [6.45, 7) is -2.86. The zero-order chi connectivity index (χ0) is 10.6. The van der Waals surface area contributed by atoms with E-state index in [4.69, 9.17) is 0 Å². The molecule has 0 N–H and O–H groups in total. The standard InChI is InChI=1S/C10H11BF3.K/c1-2-9-4-3-5-10(8-9)6-7-11(12,13)14;/h3-8H,2H2,1H3;/q-1;+1/b7-6+;. The van der Waals surface area contributed by atoms with Gasteiger partial charge in [-0.25, -0.2) is 0 Å². The molecule has 0 amide bonds. The zero-order valence-corrected chi connectivity index (χ0v) is 12.0. The fourth-order valence-electron chi connectivity index (χ4n) is 1.14. The van der Waals surface area contributed by atoms with Gasteiger partial charge in [0.1, 0.15) is 0 Å². The average Bonchev–Trinajstić information content (AvgIpc) is 2.14. The van der Waals surface area contributed by atoms with Gasteiger partial charge in [0, 0.05) is 0 Å². The van der Waals surface area contributed by atoms with Crippen LogP contribution in [0.15, 0.2) is 30.2 Å². The van der Waals surface area contributed by atoms with Crippen molar-refractivity contribution < 1.29 is 64.3 Å². The number of benzene rings is 1. The normalized spacial score (nSPS) is 11.5. The minimum absolute atomic E-state index is 0. The van der Waals surface area contributed by atoms with E-state index in [-0.39, 0.29) is 51.4 Å². The third-order valence-electron chi connectivity index (χ3n) is 1.87. The zero-order valence-electron chi connectivity index (χ0n) is 8.88. The molecule has 0 heterocycles. The topological polar surface area (TPSA) is 0 Å². The van der Waals surface area contributed by atoms with Crippen LogP contribution >= 0.6 is 0 Å². The quantitative estimate of drug-likeness (QED) is 0.678. The molecule has 0 aliphatic rings. The Morgan fingerprint density at radius 1 is 1.27 bits per heavy atom. The second-order valence-electron chi connectivity index (χ2n) is 3.08. The van der Waals surface area contributed by atoms with Gasteiger partial charge in [0.15, 0.2) is 0 Å². The van der Waals surface area contributed by atoms with Crippen LogP contribution in [0.5, 0.6) is 0 Å². The van der Waals surface area contributed by atoms with Crippen molar-refractivity contribution in [1.82, 2.24) is 0 Å². The van der Waals surface area contributed by atoms with Gasteiger partial charge in [0.25, 0.3) is 0 Å². The smallest absolute Gasteiger partial charge is 0.445 e. The van der Waals surface area contributed by atoms with Crippen LogP contribution in [-0.4, -0.2) is 6.98 Å². The molecule has 0 aliphatic heterocycles. The van der Waals surface area contributed by atoms with Crippen molar-refractivity contribution >= 4 is 13.1 Å². The van der Waals surface area contributed by atoms with Gasteiger partial charge in [-0.1, -0.05) is 37.3 Å². The van der Waals surface area contributed by atoms with Crippen LogP contribution in [0.2, 0.25) is 0 Å². The summed E-state index contributed by atoms with van der Waals surface area (Å²) >= 11 is 0. The molecule has 5 heteroatoms. The van der Waals surface area contributed by atoms with E-state index in [1.54, 1.807) is 18.2 Å². The molecule has 0 nitrogen and oxygen atoms in total. The van der Waals surface area contributed by atoms with Gasteiger partial charge in [-0.05, 0) is 17.5 Å². The maximum atomic E-state index is 11.9. The molecule has 0 radical (unpaired) electrons. The van der Waals surface area contributed by atoms with Crippen LogP contribution < -0.4 is 51.4 Å². The fourth-order valence-corrected chi connectivity index (χ4v) is 1.14. The van der Waals surface area contributed by atoms with Crippen LogP contribution in [0.4, 0.5) is 12.9 Å². The van der Waals surface area contributed by atoms with Gasteiger partial charge in [-0.15, -0.1) is 5.98 Å². The van der Waals surface area contributed by atoms with Crippen molar-refractivity contribution in [2.45, 2.75) is 13.3 Å². The molecule has 0 saturated carbocycles. The molecule has 1 aromatic rings. The number of halogens is 3. The second kappa shape index (κ2) is 6.91. The van der Waals surface area contributed by atoms with Gasteiger partial charge >= 0.3 is 58.4 Å². The molecule has 1 rings (SSSR count). The van der Waals surface area contributed by atoms with Crippen LogP contribution in [0, 0.1) is 0 Å². The van der Waals surface area contributed by atoms with E-state index >= 15 is 0 Å². The molecular formula is C10H11BF3K. The molecule has 76 valence electrons. The van der Waals surface area contributed by atoms with Crippen molar-refractivity contribution in [2.75, 3.05) is 0 Å². The van der Waals surface area contributed by atoms with E-state index in [0.717, 1.165) is 18.1 Å². The maximum Gasteiger partial charge on any atom is 1.00 e. The van der Waals surface area contributed by atoms with Crippen molar-refractivity contribution in [2.24, 2.45) is 0 Å². The van der Waals surface area contributed by atoms with E-state index in [1.807, 2.05) is 13.0 Å². The number of hydrogen-bond acceptors (Lipinski definition) is 0. The Morgan fingerprint density at radius 2 is 1.93 bits per heavy atom. The SMILES string of the molecule is CCc1cccc(/C=C/[B-](F)(F)F)c1.[K+]. The summed E-state index contributed by atoms with van der Waals surface area (Å²) in [6.07, 6.45) is 1.94. The molecule has 0 atom stereocenters. The number of rotatable bonds is 3. The van der Waals surface area contributed by atoms with Gasteiger partial charge < -0.3 is 12.9 Å². The van der Waals surface area contributed by atoms with Crippen LogP contribution in [0.3, 0.4) is 0 Å². The predicted octanol–water partition coefficient (Wildman–Crippen LogP) is 0.653. The van der Waals surface area contributed by atoms with E-state index < -0.39 is 6.98 Å². The van der Waals surface area contributed by atoms with E-state index in [0.29, 0.717) is 11.5 Å². The Bertz CT molecular complexity index is 334. The van der Waals surface area contributed by atoms with Crippen molar-refractivity contribution in [3.63, 3.8) is 0 Å². The minimum atomic E-state index is -4.83. The van der Waals surface area contributed by atoms with Crippen LogP contribution in [0.25, 0.3) is 6.08 Å². The largest absolute Gasteiger partial charge is 1.00 e. The summed E-state index contributed by atoms with van der Waals surface area (Å²) < 4.78 is 35.7. The molecule has 0 aliphatic carbocycles. The van der Waals surface area contributed by atoms with Gasteiger partial charge in [-0.2, -0.15) is 0 Å². The van der Waals surface area contributed by atoms with Gasteiger partial charge in [-0.3, -0.25) is 0 Å². The summed E-state index contributed by atoms with van der Waals surface area (Å²) in [5, 5.41) is 0.